The van der Waals surface area contributed by atoms with E-state index in [1.54, 1.807) is 12.3 Å². The van der Waals surface area contributed by atoms with Gasteiger partial charge in [-0.15, -0.1) is 0 Å². The quantitative estimate of drug-likeness (QED) is 0.647. The van der Waals surface area contributed by atoms with Gasteiger partial charge >= 0.3 is 0 Å². The summed E-state index contributed by atoms with van der Waals surface area (Å²) in [5.74, 6) is -0.527. The van der Waals surface area contributed by atoms with Crippen LogP contribution in [0.3, 0.4) is 0 Å². The number of hydrogen-bond acceptors (Lipinski definition) is 3. The predicted octanol–water partition coefficient (Wildman–Crippen LogP) is 2.18. The van der Waals surface area contributed by atoms with Crippen molar-refractivity contribution in [1.82, 2.24) is 4.98 Å². The molecule has 0 aliphatic rings. The number of nitrogens with zero attached hydrogens (tertiary/aromatic N) is 2. The van der Waals surface area contributed by atoms with E-state index in [2.05, 4.69) is 4.98 Å². The first-order valence-electron chi connectivity index (χ1n) is 6.33. The molecule has 2 aromatic rings. The molecule has 0 saturated carbocycles. The highest BCUT2D eigenvalue weighted by Crippen LogP contribution is 2.20. The molecule has 0 radical (unpaired) electrons. The molecule has 0 aliphatic heterocycles. The lowest BCUT2D eigenvalue weighted by Gasteiger charge is -2.22. The number of anilines is 1. The maximum atomic E-state index is 13.2. The van der Waals surface area contributed by atoms with Crippen LogP contribution in [0, 0.1) is 11.2 Å². The Morgan fingerprint density at radius 3 is 2.80 bits per heavy atom. The summed E-state index contributed by atoms with van der Waals surface area (Å²) in [5, 5.41) is 7.53. The molecule has 1 aromatic carbocycles. The van der Waals surface area contributed by atoms with E-state index in [1.807, 2.05) is 30.1 Å². The third-order valence-electron chi connectivity index (χ3n) is 3.09. The second-order valence-corrected chi connectivity index (χ2v) is 4.57. The number of rotatable bonds is 5. The largest absolute Gasteiger partial charge is 0.384 e. The van der Waals surface area contributed by atoms with Crippen LogP contribution in [0.25, 0.3) is 0 Å². The lowest BCUT2D eigenvalue weighted by atomic mass is 10.1. The van der Waals surface area contributed by atoms with E-state index in [0.717, 1.165) is 17.8 Å². The Kier molecular flexibility index (Phi) is 4.30. The maximum absolute atomic E-state index is 13.2. The molecule has 0 saturated heterocycles. The zero-order valence-electron chi connectivity index (χ0n) is 11.3. The van der Waals surface area contributed by atoms with Crippen molar-refractivity contribution in [3.05, 3.63) is 59.7 Å². The summed E-state index contributed by atoms with van der Waals surface area (Å²) in [5.41, 5.74) is 7.65. The van der Waals surface area contributed by atoms with Crippen molar-refractivity contribution >= 4 is 11.5 Å². The zero-order valence-corrected chi connectivity index (χ0v) is 11.3. The summed E-state index contributed by atoms with van der Waals surface area (Å²) in [7, 11) is 1.89. The van der Waals surface area contributed by atoms with E-state index in [1.165, 1.54) is 12.1 Å². The summed E-state index contributed by atoms with van der Waals surface area (Å²) >= 11 is 0. The molecule has 5 heteroatoms. The Morgan fingerprint density at radius 1 is 1.35 bits per heavy atom. The number of aromatic nitrogens is 1. The lowest BCUT2D eigenvalue weighted by molar-refractivity contribution is 0.627. The van der Waals surface area contributed by atoms with Gasteiger partial charge in [0.1, 0.15) is 11.7 Å². The van der Waals surface area contributed by atoms with Crippen molar-refractivity contribution in [3.8, 4) is 0 Å². The molecule has 2 rings (SSSR count). The van der Waals surface area contributed by atoms with Crippen molar-refractivity contribution in [2.45, 2.75) is 6.42 Å². The fraction of sp³-hybridized carbons (Fsp3) is 0.200. The van der Waals surface area contributed by atoms with Crippen LogP contribution in [0.1, 0.15) is 11.3 Å². The minimum absolute atomic E-state index is 0.135. The number of amidine groups is 1. The molecule has 104 valence electrons. The number of nitrogens with one attached hydrogen (secondary N) is 1. The van der Waals surface area contributed by atoms with Crippen LogP contribution in [0.2, 0.25) is 0 Å². The normalized spacial score (nSPS) is 10.3. The van der Waals surface area contributed by atoms with Gasteiger partial charge in [-0.3, -0.25) is 10.4 Å². The Morgan fingerprint density at radius 2 is 2.15 bits per heavy atom. The predicted molar refractivity (Wildman–Crippen MR) is 78.6 cm³/mol. The van der Waals surface area contributed by atoms with Gasteiger partial charge in [0.25, 0.3) is 0 Å². The zero-order chi connectivity index (χ0) is 14.5. The third kappa shape index (κ3) is 3.32. The van der Waals surface area contributed by atoms with E-state index in [-0.39, 0.29) is 5.84 Å². The molecule has 1 aromatic heterocycles. The molecule has 3 N–H and O–H groups in total. The highest BCUT2D eigenvalue weighted by molar-refractivity contribution is 6.00. The van der Waals surface area contributed by atoms with Gasteiger partial charge in [0.05, 0.1) is 0 Å². The van der Waals surface area contributed by atoms with Crippen molar-refractivity contribution in [2.24, 2.45) is 5.73 Å². The first-order chi connectivity index (χ1) is 9.58. The summed E-state index contributed by atoms with van der Waals surface area (Å²) < 4.78 is 13.2. The van der Waals surface area contributed by atoms with Crippen molar-refractivity contribution in [2.75, 3.05) is 18.5 Å². The Labute approximate surface area is 117 Å². The molecule has 0 amide bonds. The van der Waals surface area contributed by atoms with Gasteiger partial charge < -0.3 is 10.6 Å². The molecule has 0 aliphatic carbocycles. The number of pyridine rings is 1. The van der Waals surface area contributed by atoms with E-state index >= 15 is 0 Å². The third-order valence-corrected chi connectivity index (χ3v) is 3.09. The van der Waals surface area contributed by atoms with E-state index in [9.17, 15) is 4.39 Å². The lowest BCUT2D eigenvalue weighted by Crippen LogP contribution is -2.24. The second-order valence-electron chi connectivity index (χ2n) is 4.57. The fourth-order valence-electron chi connectivity index (χ4n) is 2.01. The van der Waals surface area contributed by atoms with Gasteiger partial charge in [-0.05, 0) is 30.3 Å². The summed E-state index contributed by atoms with van der Waals surface area (Å²) in [4.78, 5) is 6.21. The number of hydrogen-bond donors (Lipinski definition) is 2. The fourth-order valence-corrected chi connectivity index (χ4v) is 2.01. The van der Waals surface area contributed by atoms with Crippen LogP contribution in [0.4, 0.5) is 10.1 Å². The topological polar surface area (TPSA) is 66.0 Å². The Balaban J connectivity index is 2.13. The van der Waals surface area contributed by atoms with Gasteiger partial charge in [0, 0.05) is 43.2 Å². The van der Waals surface area contributed by atoms with Crippen LogP contribution >= 0.6 is 0 Å². The molecule has 0 fully saturated rings. The smallest absolute Gasteiger partial charge is 0.125 e. The van der Waals surface area contributed by atoms with Gasteiger partial charge in [0.15, 0.2) is 0 Å². The molecule has 0 unspecified atom stereocenters. The van der Waals surface area contributed by atoms with Gasteiger partial charge in [-0.2, -0.15) is 0 Å². The monoisotopic (exact) mass is 272 g/mol. The molecular formula is C15H17FN4. The molecule has 0 spiro atoms. The van der Waals surface area contributed by atoms with Crippen LogP contribution in [-0.4, -0.2) is 24.4 Å². The second kappa shape index (κ2) is 6.14. The average molecular weight is 272 g/mol. The van der Waals surface area contributed by atoms with Crippen molar-refractivity contribution in [3.63, 3.8) is 0 Å². The van der Waals surface area contributed by atoms with Gasteiger partial charge in [-0.25, -0.2) is 4.39 Å². The number of likely N-dealkylation sites (N-methyl/N-ethyl adjacent to an activating group) is 1. The molecule has 1 heterocycles. The first kappa shape index (κ1) is 14.0. The maximum Gasteiger partial charge on any atom is 0.125 e. The van der Waals surface area contributed by atoms with E-state index in [4.69, 9.17) is 11.1 Å². The number of nitrogens with two attached hydrogens (primary N) is 1. The van der Waals surface area contributed by atoms with Crippen molar-refractivity contribution in [1.29, 1.82) is 5.41 Å². The van der Waals surface area contributed by atoms with Gasteiger partial charge in [-0.1, -0.05) is 6.07 Å². The molecule has 20 heavy (non-hydrogen) atoms. The van der Waals surface area contributed by atoms with E-state index < -0.39 is 5.82 Å². The Bertz CT molecular complexity index is 598. The van der Waals surface area contributed by atoms with Gasteiger partial charge in [0.2, 0.25) is 0 Å². The number of nitrogen functional groups attached to an aromatic ring is 1. The molecule has 0 atom stereocenters. The van der Waals surface area contributed by atoms with Crippen LogP contribution in [0.5, 0.6) is 0 Å². The highest BCUT2D eigenvalue weighted by atomic mass is 19.1. The molecule has 4 nitrogen and oxygen atoms in total. The minimum Gasteiger partial charge on any atom is -0.384 e. The number of halogens is 1. The molecular weight excluding hydrogens is 255 g/mol. The standard InChI is InChI=1S/C15H17FN4/c1-20(9-7-12-4-2-3-8-19-12)14-6-5-11(16)10-13(14)15(17)18/h2-6,8,10H,7,9H2,1H3,(H3,17,18). The van der Waals surface area contributed by atoms with Crippen LogP contribution in [0.15, 0.2) is 42.6 Å². The molecule has 0 bridgehead atoms. The SMILES string of the molecule is CN(CCc1ccccn1)c1ccc(F)cc1C(=N)N. The highest BCUT2D eigenvalue weighted by Gasteiger charge is 2.11. The van der Waals surface area contributed by atoms with Crippen molar-refractivity contribution < 1.29 is 4.39 Å². The van der Waals surface area contributed by atoms with Crippen LogP contribution in [-0.2, 0) is 6.42 Å². The first-order valence-corrected chi connectivity index (χ1v) is 6.33. The summed E-state index contributed by atoms with van der Waals surface area (Å²) in [6.45, 7) is 0.711. The Hall–Kier alpha value is -2.43. The van der Waals surface area contributed by atoms with Crippen LogP contribution < -0.4 is 10.6 Å². The summed E-state index contributed by atoms with van der Waals surface area (Å²) in [6.07, 6.45) is 2.53. The number of benzene rings is 1. The average Bonchev–Trinajstić information content (AvgIpc) is 2.45. The minimum atomic E-state index is -0.392. The summed E-state index contributed by atoms with van der Waals surface area (Å²) in [6, 6.07) is 10.1. The van der Waals surface area contributed by atoms with E-state index in [0.29, 0.717) is 12.1 Å².